The highest BCUT2D eigenvalue weighted by molar-refractivity contribution is 9.10. The van der Waals surface area contributed by atoms with Crippen molar-refractivity contribution in [3.05, 3.63) is 63.9 Å². The van der Waals surface area contributed by atoms with E-state index in [9.17, 15) is 5.11 Å². The first kappa shape index (κ1) is 16.4. The van der Waals surface area contributed by atoms with Crippen LogP contribution in [0.2, 0.25) is 0 Å². The number of aliphatic hydroxyl groups is 1. The average molecular weight is 359 g/mol. The van der Waals surface area contributed by atoms with Gasteiger partial charge in [0.1, 0.15) is 11.5 Å². The third kappa shape index (κ3) is 3.45. The molecule has 0 bridgehead atoms. The number of rotatable bonds is 4. The number of hydrogen-bond acceptors (Lipinski definition) is 3. The number of benzene rings is 1. The van der Waals surface area contributed by atoms with Gasteiger partial charge in [-0.2, -0.15) is 5.10 Å². The number of halogens is 1. The fraction of sp³-hybridized carbons (Fsp3) is 0.222. The highest BCUT2D eigenvalue weighted by Gasteiger charge is 2.11. The van der Waals surface area contributed by atoms with Crippen LogP contribution in [0.4, 0.5) is 0 Å². The van der Waals surface area contributed by atoms with Crippen LogP contribution in [0.1, 0.15) is 42.7 Å². The van der Waals surface area contributed by atoms with Gasteiger partial charge in [-0.15, -0.1) is 5.10 Å². The lowest BCUT2D eigenvalue weighted by atomic mass is 9.92. The molecule has 2 aromatic rings. The Hall–Kier alpha value is -1.94. The second kappa shape index (κ2) is 6.88. The van der Waals surface area contributed by atoms with Crippen LogP contribution in [0, 0.1) is 6.92 Å². The lowest BCUT2D eigenvalue weighted by Crippen LogP contribution is -1.97. The van der Waals surface area contributed by atoms with E-state index in [1.807, 2.05) is 12.1 Å². The van der Waals surface area contributed by atoms with Crippen LogP contribution in [0.25, 0.3) is 16.9 Å². The Bertz CT molecular complexity index is 751. The monoisotopic (exact) mass is 358 g/mol. The highest BCUT2D eigenvalue weighted by atomic mass is 79.9. The molecule has 1 aromatic carbocycles. The van der Waals surface area contributed by atoms with Gasteiger partial charge in [-0.1, -0.05) is 35.5 Å². The van der Waals surface area contributed by atoms with Crippen molar-refractivity contribution in [2.45, 2.75) is 27.2 Å². The van der Waals surface area contributed by atoms with E-state index in [1.165, 1.54) is 22.3 Å². The molecule has 1 heterocycles. The average Bonchev–Trinajstić information content (AvgIpc) is 2.50. The second-order valence-electron chi connectivity index (χ2n) is 5.19. The van der Waals surface area contributed by atoms with Crippen LogP contribution < -0.4 is 0 Å². The fourth-order valence-corrected chi connectivity index (χ4v) is 2.88. The molecule has 0 amide bonds. The van der Waals surface area contributed by atoms with Gasteiger partial charge in [0.15, 0.2) is 0 Å². The molecule has 0 aliphatic heterocycles. The Balaban J connectivity index is 2.60. The summed E-state index contributed by atoms with van der Waals surface area (Å²) < 4.78 is 1.06. The Labute approximate surface area is 139 Å². The van der Waals surface area contributed by atoms with Gasteiger partial charge in [-0.05, 0) is 60.7 Å². The van der Waals surface area contributed by atoms with Crippen LogP contribution >= 0.6 is 15.9 Å². The van der Waals surface area contributed by atoms with Gasteiger partial charge in [0.2, 0.25) is 0 Å². The molecule has 4 heteroatoms. The summed E-state index contributed by atoms with van der Waals surface area (Å²) in [6.45, 7) is 9.84. The maximum Gasteiger partial charge on any atom is 0.135 e. The third-order valence-electron chi connectivity index (χ3n) is 3.71. The molecule has 2 rings (SSSR count). The summed E-state index contributed by atoms with van der Waals surface area (Å²) >= 11 is 3.53. The third-order valence-corrected chi connectivity index (χ3v) is 4.20. The Morgan fingerprint density at radius 1 is 1.32 bits per heavy atom. The number of nitrogens with zero attached hydrogens (tertiary/aromatic N) is 2. The molecule has 1 aromatic heterocycles. The summed E-state index contributed by atoms with van der Waals surface area (Å²) in [6, 6.07) is 8.09. The predicted octanol–water partition coefficient (Wildman–Crippen LogP) is 5.42. The van der Waals surface area contributed by atoms with Crippen LogP contribution in [-0.4, -0.2) is 15.3 Å². The number of hydrogen-bond donors (Lipinski definition) is 1. The van der Waals surface area contributed by atoms with Gasteiger partial charge in [0, 0.05) is 10.0 Å². The van der Waals surface area contributed by atoms with E-state index in [0.717, 1.165) is 16.5 Å². The zero-order chi connectivity index (χ0) is 16.3. The minimum atomic E-state index is -0.0684. The van der Waals surface area contributed by atoms with Crippen LogP contribution in [0.3, 0.4) is 0 Å². The van der Waals surface area contributed by atoms with Crippen molar-refractivity contribution in [3.8, 4) is 0 Å². The number of allylic oxidation sites excluding steroid dienone is 2. The molecule has 1 N–H and O–H groups in total. The minimum absolute atomic E-state index is 0.0684. The van der Waals surface area contributed by atoms with Crippen molar-refractivity contribution >= 4 is 32.8 Å². The van der Waals surface area contributed by atoms with Crippen molar-refractivity contribution in [1.82, 2.24) is 10.2 Å². The summed E-state index contributed by atoms with van der Waals surface area (Å²) in [5, 5.41) is 17.4. The van der Waals surface area contributed by atoms with E-state index < -0.39 is 0 Å². The molecule has 0 saturated heterocycles. The van der Waals surface area contributed by atoms with Gasteiger partial charge in [0.05, 0.1) is 6.20 Å². The molecule has 0 fully saturated rings. The minimum Gasteiger partial charge on any atom is -0.506 e. The van der Waals surface area contributed by atoms with Crippen molar-refractivity contribution < 1.29 is 5.11 Å². The molecule has 0 aliphatic carbocycles. The van der Waals surface area contributed by atoms with Crippen LogP contribution in [0.15, 0.2) is 41.5 Å². The molecule has 0 aliphatic rings. The van der Waals surface area contributed by atoms with Gasteiger partial charge >= 0.3 is 0 Å². The van der Waals surface area contributed by atoms with Crippen molar-refractivity contribution in [1.29, 1.82) is 0 Å². The van der Waals surface area contributed by atoms with Crippen molar-refractivity contribution in [3.63, 3.8) is 0 Å². The largest absolute Gasteiger partial charge is 0.506 e. The van der Waals surface area contributed by atoms with Crippen LogP contribution in [-0.2, 0) is 0 Å². The Kier molecular flexibility index (Phi) is 5.14. The van der Waals surface area contributed by atoms with Gasteiger partial charge in [-0.3, -0.25) is 0 Å². The van der Waals surface area contributed by atoms with E-state index in [1.54, 1.807) is 6.20 Å². The maximum atomic E-state index is 9.52. The van der Waals surface area contributed by atoms with E-state index in [-0.39, 0.29) is 5.76 Å². The summed E-state index contributed by atoms with van der Waals surface area (Å²) in [7, 11) is 0. The summed E-state index contributed by atoms with van der Waals surface area (Å²) in [5.41, 5.74) is 6.16. The maximum absolute atomic E-state index is 9.52. The molecule has 22 heavy (non-hydrogen) atoms. The summed E-state index contributed by atoms with van der Waals surface area (Å²) in [5.74, 6) is -0.0684. The smallest absolute Gasteiger partial charge is 0.135 e. The van der Waals surface area contributed by atoms with Crippen molar-refractivity contribution in [2.24, 2.45) is 0 Å². The molecule has 114 valence electrons. The SMILES string of the molecule is C=C(O)c1cc(/C(CC)=C(/C)c2cc(Br)ccc2C)cnn1. The zero-order valence-electron chi connectivity index (χ0n) is 13.0. The quantitative estimate of drug-likeness (QED) is 0.742. The molecule has 0 radical (unpaired) electrons. The molecule has 0 unspecified atom stereocenters. The van der Waals surface area contributed by atoms with E-state index in [0.29, 0.717) is 5.69 Å². The van der Waals surface area contributed by atoms with E-state index >= 15 is 0 Å². The number of aliphatic hydroxyl groups excluding tert-OH is 1. The van der Waals surface area contributed by atoms with Crippen molar-refractivity contribution in [2.75, 3.05) is 0 Å². The molecular weight excluding hydrogens is 340 g/mol. The van der Waals surface area contributed by atoms with Gasteiger partial charge < -0.3 is 5.11 Å². The predicted molar refractivity (Wildman–Crippen MR) is 95.4 cm³/mol. The first-order valence-corrected chi connectivity index (χ1v) is 7.91. The lowest BCUT2D eigenvalue weighted by Gasteiger charge is -2.14. The van der Waals surface area contributed by atoms with Gasteiger partial charge in [-0.25, -0.2) is 0 Å². The molecular formula is C18H19BrN2O. The van der Waals surface area contributed by atoms with E-state index in [2.05, 4.69) is 65.6 Å². The normalized spacial score (nSPS) is 12.0. The van der Waals surface area contributed by atoms with E-state index in [4.69, 9.17) is 0 Å². The number of aromatic nitrogens is 2. The standard InChI is InChI=1S/C18H19BrN2O/c1-5-16(14-8-18(13(4)22)21-20-10-14)12(3)17-9-15(19)7-6-11(17)2/h6-10,22H,4-5H2,1-3H3/b16-12-. The lowest BCUT2D eigenvalue weighted by molar-refractivity contribution is 0.509. The first-order valence-electron chi connectivity index (χ1n) is 7.11. The summed E-state index contributed by atoms with van der Waals surface area (Å²) in [4.78, 5) is 0. The summed E-state index contributed by atoms with van der Waals surface area (Å²) in [6.07, 6.45) is 2.59. The Morgan fingerprint density at radius 3 is 2.68 bits per heavy atom. The molecule has 0 spiro atoms. The second-order valence-corrected chi connectivity index (χ2v) is 6.11. The van der Waals surface area contributed by atoms with Crippen LogP contribution in [0.5, 0.6) is 0 Å². The van der Waals surface area contributed by atoms with Gasteiger partial charge in [0.25, 0.3) is 0 Å². The first-order chi connectivity index (χ1) is 10.4. The molecule has 0 atom stereocenters. The Morgan fingerprint density at radius 2 is 2.05 bits per heavy atom. The molecule has 3 nitrogen and oxygen atoms in total. The highest BCUT2D eigenvalue weighted by Crippen LogP contribution is 2.31. The molecule has 0 saturated carbocycles. The zero-order valence-corrected chi connectivity index (χ0v) is 14.6. The number of aryl methyl sites for hydroxylation is 1. The topological polar surface area (TPSA) is 46.0 Å². The fourth-order valence-electron chi connectivity index (χ4n) is 2.52.